The summed E-state index contributed by atoms with van der Waals surface area (Å²) in [6.07, 6.45) is 3.05. The molecule has 1 rings (SSSR count). The van der Waals surface area contributed by atoms with Gasteiger partial charge in [0.15, 0.2) is 0 Å². The molecule has 1 amide bonds. The highest BCUT2D eigenvalue weighted by Gasteiger charge is 2.24. The van der Waals surface area contributed by atoms with E-state index in [2.05, 4.69) is 0 Å². The highest BCUT2D eigenvalue weighted by atomic mass is 16.5. The first-order valence-electron chi connectivity index (χ1n) is 5.64. The van der Waals surface area contributed by atoms with E-state index in [1.165, 1.54) is 0 Å². The summed E-state index contributed by atoms with van der Waals surface area (Å²) in [6.45, 7) is 2.12. The van der Waals surface area contributed by atoms with Crippen LogP contribution in [-0.4, -0.2) is 44.7 Å². The fourth-order valence-electron chi connectivity index (χ4n) is 2.05. The Morgan fingerprint density at radius 3 is 2.53 bits per heavy atom. The number of hydrogen-bond acceptors (Lipinski definition) is 3. The molecule has 1 atom stereocenters. The van der Waals surface area contributed by atoms with Gasteiger partial charge in [0.2, 0.25) is 5.91 Å². The molecule has 0 spiro atoms. The SMILES string of the molecule is CN(C)C(=O)C(CN)CC1CCOCC1. The summed E-state index contributed by atoms with van der Waals surface area (Å²) < 4.78 is 5.30. The van der Waals surface area contributed by atoms with E-state index in [4.69, 9.17) is 10.5 Å². The largest absolute Gasteiger partial charge is 0.381 e. The van der Waals surface area contributed by atoms with Crippen LogP contribution in [0.1, 0.15) is 19.3 Å². The highest BCUT2D eigenvalue weighted by molar-refractivity contribution is 5.78. The smallest absolute Gasteiger partial charge is 0.226 e. The molecule has 0 aromatic heterocycles. The van der Waals surface area contributed by atoms with Crippen molar-refractivity contribution in [2.75, 3.05) is 33.9 Å². The maximum Gasteiger partial charge on any atom is 0.226 e. The lowest BCUT2D eigenvalue weighted by Crippen LogP contribution is -2.36. The van der Waals surface area contributed by atoms with Crippen LogP contribution in [-0.2, 0) is 9.53 Å². The van der Waals surface area contributed by atoms with Crippen LogP contribution >= 0.6 is 0 Å². The third-order valence-electron chi connectivity index (χ3n) is 3.03. The summed E-state index contributed by atoms with van der Waals surface area (Å²) in [4.78, 5) is 13.4. The Kier molecular flexibility index (Phi) is 5.05. The molecule has 0 radical (unpaired) electrons. The van der Waals surface area contributed by atoms with Gasteiger partial charge in [-0.3, -0.25) is 4.79 Å². The van der Waals surface area contributed by atoms with Gasteiger partial charge in [-0.05, 0) is 25.2 Å². The van der Waals surface area contributed by atoms with Crippen molar-refractivity contribution in [1.82, 2.24) is 4.90 Å². The van der Waals surface area contributed by atoms with Crippen molar-refractivity contribution in [3.05, 3.63) is 0 Å². The number of ether oxygens (including phenoxy) is 1. The van der Waals surface area contributed by atoms with Gasteiger partial charge >= 0.3 is 0 Å². The lowest BCUT2D eigenvalue weighted by molar-refractivity contribution is -0.133. The highest BCUT2D eigenvalue weighted by Crippen LogP contribution is 2.23. The first kappa shape index (κ1) is 12.5. The molecule has 1 saturated heterocycles. The van der Waals surface area contributed by atoms with E-state index < -0.39 is 0 Å². The first-order valence-corrected chi connectivity index (χ1v) is 5.64. The molecule has 88 valence electrons. The van der Waals surface area contributed by atoms with E-state index in [1.807, 2.05) is 0 Å². The lowest BCUT2D eigenvalue weighted by atomic mass is 9.88. The molecule has 4 nitrogen and oxygen atoms in total. The monoisotopic (exact) mass is 214 g/mol. The Labute approximate surface area is 91.8 Å². The predicted octanol–water partition coefficient (Wildman–Crippen LogP) is 0.466. The number of amides is 1. The van der Waals surface area contributed by atoms with Crippen molar-refractivity contribution in [3.8, 4) is 0 Å². The quantitative estimate of drug-likeness (QED) is 0.740. The van der Waals surface area contributed by atoms with Crippen LogP contribution in [0.15, 0.2) is 0 Å². The third kappa shape index (κ3) is 3.80. The fraction of sp³-hybridized carbons (Fsp3) is 0.909. The van der Waals surface area contributed by atoms with E-state index in [0.29, 0.717) is 12.5 Å². The summed E-state index contributed by atoms with van der Waals surface area (Å²) in [5.41, 5.74) is 5.65. The topological polar surface area (TPSA) is 55.6 Å². The van der Waals surface area contributed by atoms with Gasteiger partial charge in [0.25, 0.3) is 0 Å². The second kappa shape index (κ2) is 6.08. The maximum atomic E-state index is 11.8. The fourth-order valence-corrected chi connectivity index (χ4v) is 2.05. The minimum atomic E-state index is -0.0110. The summed E-state index contributed by atoms with van der Waals surface area (Å²) >= 11 is 0. The summed E-state index contributed by atoms with van der Waals surface area (Å²) in [5.74, 6) is 0.753. The minimum Gasteiger partial charge on any atom is -0.381 e. The van der Waals surface area contributed by atoms with Crippen LogP contribution in [0.2, 0.25) is 0 Å². The summed E-state index contributed by atoms with van der Waals surface area (Å²) in [5, 5.41) is 0. The lowest BCUT2D eigenvalue weighted by Gasteiger charge is -2.26. The molecule has 1 aliphatic heterocycles. The van der Waals surface area contributed by atoms with Gasteiger partial charge in [0, 0.05) is 33.9 Å². The van der Waals surface area contributed by atoms with Crippen molar-refractivity contribution in [1.29, 1.82) is 0 Å². The first-order chi connectivity index (χ1) is 7.15. The third-order valence-corrected chi connectivity index (χ3v) is 3.03. The number of hydrogen-bond donors (Lipinski definition) is 1. The molecule has 0 bridgehead atoms. The molecule has 0 aromatic rings. The average Bonchev–Trinajstić information content (AvgIpc) is 2.26. The average molecular weight is 214 g/mol. The number of carbonyl (C=O) groups is 1. The van der Waals surface area contributed by atoms with E-state index in [0.717, 1.165) is 32.5 Å². The Hall–Kier alpha value is -0.610. The molecule has 1 heterocycles. The van der Waals surface area contributed by atoms with Crippen LogP contribution in [0.3, 0.4) is 0 Å². The van der Waals surface area contributed by atoms with Gasteiger partial charge < -0.3 is 15.4 Å². The Morgan fingerprint density at radius 2 is 2.07 bits per heavy atom. The molecular formula is C11H22N2O2. The van der Waals surface area contributed by atoms with Crippen molar-refractivity contribution < 1.29 is 9.53 Å². The van der Waals surface area contributed by atoms with Crippen molar-refractivity contribution in [2.45, 2.75) is 19.3 Å². The minimum absolute atomic E-state index is 0.0110. The van der Waals surface area contributed by atoms with E-state index in [9.17, 15) is 4.79 Å². The summed E-state index contributed by atoms with van der Waals surface area (Å²) in [7, 11) is 3.57. The molecule has 0 aromatic carbocycles. The Morgan fingerprint density at radius 1 is 1.47 bits per heavy atom. The van der Waals surface area contributed by atoms with Crippen molar-refractivity contribution >= 4 is 5.91 Å². The molecule has 1 aliphatic rings. The van der Waals surface area contributed by atoms with Crippen LogP contribution in [0.4, 0.5) is 0 Å². The van der Waals surface area contributed by atoms with Gasteiger partial charge in [-0.25, -0.2) is 0 Å². The molecule has 15 heavy (non-hydrogen) atoms. The van der Waals surface area contributed by atoms with Crippen molar-refractivity contribution in [2.24, 2.45) is 17.6 Å². The second-order valence-corrected chi connectivity index (χ2v) is 4.46. The second-order valence-electron chi connectivity index (χ2n) is 4.46. The van der Waals surface area contributed by atoms with Crippen LogP contribution in [0.5, 0.6) is 0 Å². The van der Waals surface area contributed by atoms with E-state index in [-0.39, 0.29) is 11.8 Å². The van der Waals surface area contributed by atoms with Gasteiger partial charge in [-0.2, -0.15) is 0 Å². The Balaban J connectivity index is 2.41. The molecule has 1 fully saturated rings. The van der Waals surface area contributed by atoms with Crippen molar-refractivity contribution in [3.63, 3.8) is 0 Å². The molecule has 4 heteroatoms. The van der Waals surface area contributed by atoms with Gasteiger partial charge in [0.05, 0.1) is 5.92 Å². The zero-order chi connectivity index (χ0) is 11.3. The zero-order valence-corrected chi connectivity index (χ0v) is 9.74. The van der Waals surface area contributed by atoms with Gasteiger partial charge in [-0.15, -0.1) is 0 Å². The normalized spacial score (nSPS) is 19.9. The maximum absolute atomic E-state index is 11.8. The van der Waals surface area contributed by atoms with Crippen LogP contribution < -0.4 is 5.73 Å². The van der Waals surface area contributed by atoms with E-state index in [1.54, 1.807) is 19.0 Å². The van der Waals surface area contributed by atoms with Gasteiger partial charge in [-0.1, -0.05) is 0 Å². The molecule has 0 aliphatic carbocycles. The number of carbonyl (C=O) groups excluding carboxylic acids is 1. The molecule has 0 saturated carbocycles. The molecule has 2 N–H and O–H groups in total. The molecule has 1 unspecified atom stereocenters. The summed E-state index contributed by atoms with van der Waals surface area (Å²) in [6, 6.07) is 0. The molecular weight excluding hydrogens is 192 g/mol. The van der Waals surface area contributed by atoms with Crippen LogP contribution in [0.25, 0.3) is 0 Å². The predicted molar refractivity (Wildman–Crippen MR) is 59.4 cm³/mol. The van der Waals surface area contributed by atoms with E-state index >= 15 is 0 Å². The van der Waals surface area contributed by atoms with Crippen LogP contribution in [0, 0.1) is 11.8 Å². The number of nitrogens with zero attached hydrogens (tertiary/aromatic N) is 1. The standard InChI is InChI=1S/C11H22N2O2/c1-13(2)11(14)10(8-12)7-9-3-5-15-6-4-9/h9-10H,3-8,12H2,1-2H3. The Bertz CT molecular complexity index is 201. The zero-order valence-electron chi connectivity index (χ0n) is 9.74. The number of nitrogens with two attached hydrogens (primary N) is 1. The van der Waals surface area contributed by atoms with Gasteiger partial charge in [0.1, 0.15) is 0 Å². The number of rotatable bonds is 4.